The number of aliphatic hydroxyl groups excluding tert-OH is 2. The average Bonchev–Trinajstić information content (AvgIpc) is 2.54. The number of carbonyl (C=O) groups excluding carboxylic acids is 1. The Balaban J connectivity index is 2.01. The van der Waals surface area contributed by atoms with Gasteiger partial charge in [0, 0.05) is 38.8 Å². The van der Waals surface area contributed by atoms with Gasteiger partial charge in [-0.25, -0.2) is 4.79 Å². The van der Waals surface area contributed by atoms with Crippen molar-refractivity contribution in [1.82, 2.24) is 20.0 Å². The van der Waals surface area contributed by atoms with Crippen LogP contribution in [0.25, 0.3) is 0 Å². The summed E-state index contributed by atoms with van der Waals surface area (Å²) >= 11 is 0. The summed E-state index contributed by atoms with van der Waals surface area (Å²) in [6.07, 6.45) is -0.894. The first-order valence-corrected chi connectivity index (χ1v) is 9.07. The SMILES string of the molecule is COC(C)[C@H](C)NC(=O)N1C[C@H]2C[C@@H](CN(C)C)N2C[C@H](O)[C@H](O)C1. The third-order valence-corrected chi connectivity index (χ3v) is 5.45. The highest BCUT2D eigenvalue weighted by atomic mass is 16.5. The maximum Gasteiger partial charge on any atom is 0.317 e. The molecule has 1 unspecified atom stereocenters. The summed E-state index contributed by atoms with van der Waals surface area (Å²) in [5.41, 5.74) is 0. The number of hydrogen-bond donors (Lipinski definition) is 3. The molecule has 0 bridgehead atoms. The fraction of sp³-hybridized carbons (Fsp3) is 0.941. The average molecular weight is 358 g/mol. The molecule has 0 spiro atoms. The van der Waals surface area contributed by atoms with Crippen molar-refractivity contribution in [3.05, 3.63) is 0 Å². The van der Waals surface area contributed by atoms with Gasteiger partial charge in [-0.05, 0) is 34.4 Å². The number of β-amino-alcohol motifs (C(OH)–C–C–N with tert-alkyl or cyclic N) is 1. The Morgan fingerprint density at radius 1 is 1.24 bits per heavy atom. The summed E-state index contributed by atoms with van der Waals surface area (Å²) in [7, 11) is 5.67. The van der Waals surface area contributed by atoms with Gasteiger partial charge in [0.25, 0.3) is 0 Å². The molecule has 2 amide bonds. The molecular formula is C17H34N4O4. The van der Waals surface area contributed by atoms with E-state index in [1.54, 1.807) is 12.0 Å². The van der Waals surface area contributed by atoms with E-state index in [1.165, 1.54) is 0 Å². The number of carbonyl (C=O) groups is 1. The van der Waals surface area contributed by atoms with Gasteiger partial charge in [0.2, 0.25) is 0 Å². The number of hydrogen-bond acceptors (Lipinski definition) is 6. The summed E-state index contributed by atoms with van der Waals surface area (Å²) < 4.78 is 5.25. The van der Waals surface area contributed by atoms with Crippen LogP contribution in [0.5, 0.6) is 0 Å². The Morgan fingerprint density at radius 2 is 1.88 bits per heavy atom. The van der Waals surface area contributed by atoms with Crippen LogP contribution >= 0.6 is 0 Å². The minimum atomic E-state index is -0.942. The van der Waals surface area contributed by atoms with Gasteiger partial charge in [-0.2, -0.15) is 0 Å². The van der Waals surface area contributed by atoms with Crippen LogP contribution in [0.3, 0.4) is 0 Å². The van der Waals surface area contributed by atoms with Crippen LogP contribution < -0.4 is 5.32 Å². The van der Waals surface area contributed by atoms with E-state index in [1.807, 2.05) is 27.9 Å². The van der Waals surface area contributed by atoms with Gasteiger partial charge in [0.15, 0.2) is 0 Å². The smallest absolute Gasteiger partial charge is 0.317 e. The number of aliphatic hydroxyl groups is 2. The second-order valence-electron chi connectivity index (χ2n) is 7.72. The summed E-state index contributed by atoms with van der Waals surface area (Å²) in [4.78, 5) is 18.6. The second-order valence-corrected chi connectivity index (χ2v) is 7.72. The fourth-order valence-corrected chi connectivity index (χ4v) is 3.61. The number of rotatable bonds is 5. The van der Waals surface area contributed by atoms with Gasteiger partial charge >= 0.3 is 6.03 Å². The zero-order valence-corrected chi connectivity index (χ0v) is 16.1. The molecule has 8 heteroatoms. The molecule has 0 aromatic rings. The third kappa shape index (κ3) is 5.04. The molecule has 3 N–H and O–H groups in total. The number of fused-ring (bicyclic) bond motifs is 1. The van der Waals surface area contributed by atoms with Gasteiger partial charge in [-0.1, -0.05) is 0 Å². The van der Waals surface area contributed by atoms with Gasteiger partial charge in [0.1, 0.15) is 0 Å². The molecule has 2 saturated heterocycles. The van der Waals surface area contributed by atoms with Crippen molar-refractivity contribution < 1.29 is 19.7 Å². The lowest BCUT2D eigenvalue weighted by Gasteiger charge is -2.53. The Hall–Kier alpha value is -0.930. The molecule has 0 aromatic heterocycles. The molecule has 0 aliphatic carbocycles. The maximum absolute atomic E-state index is 12.6. The monoisotopic (exact) mass is 358 g/mol. The van der Waals surface area contributed by atoms with E-state index in [4.69, 9.17) is 4.74 Å². The molecular weight excluding hydrogens is 324 g/mol. The van der Waals surface area contributed by atoms with Crippen molar-refractivity contribution in [3.8, 4) is 0 Å². The van der Waals surface area contributed by atoms with Gasteiger partial charge in [0.05, 0.1) is 30.9 Å². The number of methoxy groups -OCH3 is 1. The van der Waals surface area contributed by atoms with Crippen LogP contribution in [0.1, 0.15) is 20.3 Å². The fourth-order valence-electron chi connectivity index (χ4n) is 3.61. The van der Waals surface area contributed by atoms with Gasteiger partial charge in [-0.15, -0.1) is 0 Å². The van der Waals surface area contributed by atoms with E-state index in [-0.39, 0.29) is 30.8 Å². The number of nitrogens with one attached hydrogen (secondary N) is 1. The zero-order valence-electron chi connectivity index (χ0n) is 16.1. The Morgan fingerprint density at radius 3 is 2.48 bits per heavy atom. The number of urea groups is 1. The number of likely N-dealkylation sites (N-methyl/N-ethyl adjacent to an activating group) is 1. The number of ether oxygens (including phenoxy) is 1. The van der Waals surface area contributed by atoms with Crippen molar-refractivity contribution >= 4 is 6.03 Å². The second kappa shape index (κ2) is 8.64. The molecule has 25 heavy (non-hydrogen) atoms. The first-order valence-electron chi connectivity index (χ1n) is 9.07. The van der Waals surface area contributed by atoms with E-state index in [0.717, 1.165) is 13.0 Å². The number of amides is 2. The Kier molecular flexibility index (Phi) is 7.04. The molecule has 0 radical (unpaired) electrons. The highest BCUT2D eigenvalue weighted by Crippen LogP contribution is 2.29. The molecule has 2 heterocycles. The van der Waals surface area contributed by atoms with Crippen LogP contribution in [-0.2, 0) is 4.74 Å². The summed E-state index contributed by atoms with van der Waals surface area (Å²) in [6.45, 7) is 5.86. The quantitative estimate of drug-likeness (QED) is 0.594. The normalized spacial score (nSPS) is 33.0. The summed E-state index contributed by atoms with van der Waals surface area (Å²) in [5, 5.41) is 23.5. The van der Waals surface area contributed by atoms with Crippen LogP contribution in [-0.4, -0.2) is 115 Å². The van der Waals surface area contributed by atoms with Crippen LogP contribution in [0.15, 0.2) is 0 Å². The summed E-state index contributed by atoms with van der Waals surface area (Å²) in [6, 6.07) is 0.231. The topological polar surface area (TPSA) is 88.5 Å². The van der Waals surface area contributed by atoms with Crippen molar-refractivity contribution in [1.29, 1.82) is 0 Å². The van der Waals surface area contributed by atoms with Gasteiger partial charge in [-0.3, -0.25) is 4.90 Å². The standard InChI is InChI=1S/C17H34N4O4/c1-11(12(2)25-5)18-17(24)20-8-14-6-13(7-19(3)4)21(14)10-16(23)15(22)9-20/h11-16,22-23H,6-10H2,1-5H3,(H,18,24)/t11-,12?,13-,14+,15+,16-/m0/s1. The molecule has 2 fully saturated rings. The van der Waals surface area contributed by atoms with Crippen molar-refractivity contribution in [2.24, 2.45) is 0 Å². The van der Waals surface area contributed by atoms with Crippen molar-refractivity contribution in [2.75, 3.05) is 47.4 Å². The molecule has 0 aromatic carbocycles. The maximum atomic E-state index is 12.6. The van der Waals surface area contributed by atoms with Crippen LogP contribution in [0, 0.1) is 0 Å². The molecule has 0 saturated carbocycles. The Bertz CT molecular complexity index is 450. The van der Waals surface area contributed by atoms with E-state index in [9.17, 15) is 15.0 Å². The largest absolute Gasteiger partial charge is 0.389 e. The Labute approximate surface area is 150 Å². The van der Waals surface area contributed by atoms with Gasteiger partial charge < -0.3 is 30.1 Å². The molecule has 146 valence electrons. The third-order valence-electron chi connectivity index (χ3n) is 5.45. The van der Waals surface area contributed by atoms with E-state index in [2.05, 4.69) is 15.1 Å². The first kappa shape index (κ1) is 20.4. The minimum Gasteiger partial charge on any atom is -0.389 e. The summed E-state index contributed by atoms with van der Waals surface area (Å²) in [5.74, 6) is 0. The predicted octanol–water partition coefficient (Wildman–Crippen LogP) is -0.839. The molecule has 2 aliphatic rings. The van der Waals surface area contributed by atoms with Crippen LogP contribution in [0.4, 0.5) is 4.79 Å². The van der Waals surface area contributed by atoms with Crippen molar-refractivity contribution in [3.63, 3.8) is 0 Å². The lowest BCUT2D eigenvalue weighted by molar-refractivity contribution is -0.0930. The molecule has 6 atom stereocenters. The predicted molar refractivity (Wildman–Crippen MR) is 95.5 cm³/mol. The van der Waals surface area contributed by atoms with E-state index in [0.29, 0.717) is 19.1 Å². The molecule has 2 aliphatic heterocycles. The first-order chi connectivity index (χ1) is 11.7. The molecule has 8 nitrogen and oxygen atoms in total. The molecule has 2 rings (SSSR count). The van der Waals surface area contributed by atoms with Crippen molar-refractivity contribution in [2.45, 2.75) is 56.7 Å². The van der Waals surface area contributed by atoms with Crippen LogP contribution in [0.2, 0.25) is 0 Å². The zero-order chi connectivity index (χ0) is 18.7. The highest BCUT2D eigenvalue weighted by molar-refractivity contribution is 5.74. The van der Waals surface area contributed by atoms with E-state index >= 15 is 0 Å². The minimum absolute atomic E-state index is 0.0982. The number of nitrogens with zero attached hydrogens (tertiary/aromatic N) is 3. The highest BCUT2D eigenvalue weighted by Gasteiger charge is 2.43. The lowest BCUT2D eigenvalue weighted by Crippen LogP contribution is -2.68. The lowest BCUT2D eigenvalue weighted by atomic mass is 9.89. The van der Waals surface area contributed by atoms with E-state index < -0.39 is 12.2 Å².